The van der Waals surface area contributed by atoms with Gasteiger partial charge in [0.2, 0.25) is 5.91 Å². The lowest BCUT2D eigenvalue weighted by atomic mass is 10.2. The van der Waals surface area contributed by atoms with E-state index < -0.39 is 6.04 Å². The minimum atomic E-state index is -0.548. The molecule has 1 aromatic rings. The normalized spacial score (nSPS) is 12.5. The molecule has 0 spiro atoms. The van der Waals surface area contributed by atoms with Crippen LogP contribution in [-0.2, 0) is 9.59 Å². The molecule has 1 N–H and O–H groups in total. The first-order valence-electron chi connectivity index (χ1n) is 6.55. The number of benzene rings is 1. The number of nitrogens with zero attached hydrogens (tertiary/aromatic N) is 1. The molecule has 0 radical (unpaired) electrons. The van der Waals surface area contributed by atoms with Crippen molar-refractivity contribution in [1.29, 1.82) is 0 Å². The van der Waals surface area contributed by atoms with Crippen molar-refractivity contribution in [2.24, 2.45) is 0 Å². The lowest BCUT2D eigenvalue weighted by Gasteiger charge is -2.11. The van der Waals surface area contributed by atoms with E-state index in [1.54, 1.807) is 12.2 Å². The van der Waals surface area contributed by atoms with Gasteiger partial charge in [0.15, 0.2) is 0 Å². The van der Waals surface area contributed by atoms with Crippen molar-refractivity contribution in [2.45, 2.75) is 6.04 Å². The third-order valence-corrected chi connectivity index (χ3v) is 3.14. The molecular weight excluding hydrogens is 284 g/mol. The van der Waals surface area contributed by atoms with Gasteiger partial charge in [0.05, 0.1) is 6.04 Å². The number of nitrogens with one attached hydrogen (secondary N) is 1. The second-order valence-corrected chi connectivity index (χ2v) is 5.00. The fourth-order valence-electron chi connectivity index (χ4n) is 1.55. The number of hydrogen-bond donors (Lipinski definition) is 2. The molecule has 0 saturated carbocycles. The minimum absolute atomic E-state index is 0.289. The summed E-state index contributed by atoms with van der Waals surface area (Å²) in [5.41, 5.74) is 2.18. The van der Waals surface area contributed by atoms with Crippen LogP contribution in [0.25, 0.3) is 6.08 Å². The first-order valence-corrected chi connectivity index (χ1v) is 7.19. The van der Waals surface area contributed by atoms with Gasteiger partial charge in [-0.25, -0.2) is 0 Å². The summed E-state index contributed by atoms with van der Waals surface area (Å²) < 4.78 is 0. The predicted molar refractivity (Wildman–Crippen MR) is 90.8 cm³/mol. The van der Waals surface area contributed by atoms with Crippen molar-refractivity contribution in [2.75, 3.05) is 24.7 Å². The number of carbonyl (C=O) groups is 2. The van der Waals surface area contributed by atoms with E-state index in [2.05, 4.69) is 17.9 Å². The van der Waals surface area contributed by atoms with Crippen molar-refractivity contribution in [3.8, 4) is 0 Å². The van der Waals surface area contributed by atoms with Crippen molar-refractivity contribution in [3.63, 3.8) is 0 Å². The summed E-state index contributed by atoms with van der Waals surface area (Å²) in [6.07, 6.45) is 7.36. The summed E-state index contributed by atoms with van der Waals surface area (Å²) >= 11 is 3.96. The first-order chi connectivity index (χ1) is 10.1. The van der Waals surface area contributed by atoms with Crippen LogP contribution >= 0.6 is 12.6 Å². The smallest absolute Gasteiger partial charge is 0.244 e. The van der Waals surface area contributed by atoms with Crippen LogP contribution in [0.2, 0.25) is 0 Å². The number of carbonyl (C=O) groups excluding carboxylic acids is 2. The Hall–Kier alpha value is -2.01. The molecule has 0 heterocycles. The van der Waals surface area contributed by atoms with Crippen LogP contribution in [0.1, 0.15) is 5.56 Å². The Morgan fingerprint density at radius 1 is 1.29 bits per heavy atom. The molecule has 1 rings (SSSR count). The average Bonchev–Trinajstić information content (AvgIpc) is 2.49. The molecule has 1 amide bonds. The Morgan fingerprint density at radius 3 is 2.48 bits per heavy atom. The summed E-state index contributed by atoms with van der Waals surface area (Å²) in [6.45, 7) is 0. The fraction of sp³-hybridized carbons (Fsp3) is 0.250. The topological polar surface area (TPSA) is 49.4 Å². The molecule has 5 heteroatoms. The number of amides is 1. The van der Waals surface area contributed by atoms with Gasteiger partial charge in [-0.05, 0) is 17.7 Å². The summed E-state index contributed by atoms with van der Waals surface area (Å²) in [5.74, 6) is -0.0225. The molecule has 21 heavy (non-hydrogen) atoms. The maximum absolute atomic E-state index is 11.5. The van der Waals surface area contributed by atoms with E-state index in [9.17, 15) is 9.59 Å². The van der Waals surface area contributed by atoms with Crippen molar-refractivity contribution in [3.05, 3.63) is 48.1 Å². The summed E-state index contributed by atoms with van der Waals surface area (Å²) in [5, 5.41) is 2.53. The second-order valence-electron chi connectivity index (χ2n) is 4.64. The fourth-order valence-corrected chi connectivity index (χ4v) is 1.72. The molecule has 4 nitrogen and oxygen atoms in total. The Morgan fingerprint density at radius 2 is 1.95 bits per heavy atom. The minimum Gasteiger partial charge on any atom is -0.378 e. The number of thiol groups is 1. The zero-order valence-corrected chi connectivity index (χ0v) is 13.1. The van der Waals surface area contributed by atoms with Gasteiger partial charge in [0.25, 0.3) is 0 Å². The number of aldehydes is 1. The van der Waals surface area contributed by atoms with E-state index in [0.717, 1.165) is 11.3 Å². The maximum Gasteiger partial charge on any atom is 0.244 e. The standard InChI is InChI=1S/C16H20N2O2S/c1-18(2)15-9-7-13(8-10-15)5-3-4-6-16(20)17-14(11-19)12-21/h3-11,14,21H,12H2,1-2H3,(H,17,20)/b5-3+,6-4+/t14-/m0/s1. The summed E-state index contributed by atoms with van der Waals surface area (Å²) in [4.78, 5) is 24.1. The number of allylic oxidation sites excluding steroid dienone is 2. The van der Waals surface area contributed by atoms with Crippen LogP contribution in [0, 0.1) is 0 Å². The molecule has 0 bridgehead atoms. The SMILES string of the molecule is CN(C)c1ccc(/C=C/C=C/C(=O)N[C@@H](C=O)CS)cc1. The van der Waals surface area contributed by atoms with Crippen LogP contribution in [-0.4, -0.2) is 38.1 Å². The predicted octanol–water partition coefficient (Wildman–Crippen LogP) is 1.94. The molecular formula is C16H20N2O2S. The number of anilines is 1. The number of hydrogen-bond acceptors (Lipinski definition) is 4. The Labute approximate surface area is 130 Å². The monoisotopic (exact) mass is 304 g/mol. The van der Waals surface area contributed by atoms with Crippen LogP contribution in [0.15, 0.2) is 42.5 Å². The molecule has 0 aromatic heterocycles. The summed E-state index contributed by atoms with van der Waals surface area (Å²) in [6, 6.07) is 7.51. The zero-order valence-electron chi connectivity index (χ0n) is 12.2. The highest BCUT2D eigenvalue weighted by atomic mass is 32.1. The van der Waals surface area contributed by atoms with Gasteiger partial charge < -0.3 is 15.0 Å². The molecule has 0 aliphatic rings. The first kappa shape index (κ1) is 17.0. The Bertz CT molecular complexity index is 522. The highest BCUT2D eigenvalue weighted by molar-refractivity contribution is 7.80. The van der Waals surface area contributed by atoms with E-state index >= 15 is 0 Å². The molecule has 1 atom stereocenters. The largest absolute Gasteiger partial charge is 0.378 e. The maximum atomic E-state index is 11.5. The van der Waals surface area contributed by atoms with Gasteiger partial charge in [-0.1, -0.05) is 30.4 Å². The molecule has 0 unspecified atom stereocenters. The summed E-state index contributed by atoms with van der Waals surface area (Å²) in [7, 11) is 3.98. The molecule has 0 aliphatic carbocycles. The highest BCUT2D eigenvalue weighted by Gasteiger charge is 2.05. The molecule has 0 aliphatic heterocycles. The lowest BCUT2D eigenvalue weighted by molar-refractivity contribution is -0.119. The second kappa shape index (κ2) is 9.02. The van der Waals surface area contributed by atoms with Crippen LogP contribution in [0.4, 0.5) is 5.69 Å². The molecule has 112 valence electrons. The molecule has 1 aromatic carbocycles. The van der Waals surface area contributed by atoms with Crippen LogP contribution < -0.4 is 10.2 Å². The number of rotatable bonds is 7. The van der Waals surface area contributed by atoms with Gasteiger partial charge in [0.1, 0.15) is 6.29 Å². The van der Waals surface area contributed by atoms with Crippen LogP contribution in [0.3, 0.4) is 0 Å². The van der Waals surface area contributed by atoms with Gasteiger partial charge in [-0.15, -0.1) is 0 Å². The molecule has 0 fully saturated rings. The van der Waals surface area contributed by atoms with Gasteiger partial charge in [-0.3, -0.25) is 4.79 Å². The van der Waals surface area contributed by atoms with E-state index in [1.807, 2.05) is 49.3 Å². The zero-order chi connectivity index (χ0) is 15.7. The van der Waals surface area contributed by atoms with E-state index in [4.69, 9.17) is 0 Å². The highest BCUT2D eigenvalue weighted by Crippen LogP contribution is 2.13. The van der Waals surface area contributed by atoms with Crippen molar-refractivity contribution in [1.82, 2.24) is 5.32 Å². The van der Waals surface area contributed by atoms with E-state index in [0.29, 0.717) is 6.29 Å². The van der Waals surface area contributed by atoms with Crippen LogP contribution in [0.5, 0.6) is 0 Å². The third kappa shape index (κ3) is 6.31. The van der Waals surface area contributed by atoms with E-state index in [-0.39, 0.29) is 11.7 Å². The Kier molecular flexibility index (Phi) is 7.32. The average molecular weight is 304 g/mol. The third-order valence-electron chi connectivity index (χ3n) is 2.75. The van der Waals surface area contributed by atoms with Gasteiger partial charge in [-0.2, -0.15) is 12.6 Å². The quantitative estimate of drug-likeness (QED) is 0.350. The van der Waals surface area contributed by atoms with Gasteiger partial charge in [0, 0.05) is 31.6 Å². The van der Waals surface area contributed by atoms with Crippen molar-refractivity contribution >= 4 is 36.6 Å². The van der Waals surface area contributed by atoms with Crippen molar-refractivity contribution < 1.29 is 9.59 Å². The Balaban J connectivity index is 2.51. The molecule has 0 saturated heterocycles. The lowest BCUT2D eigenvalue weighted by Crippen LogP contribution is -2.36. The van der Waals surface area contributed by atoms with Gasteiger partial charge >= 0.3 is 0 Å². The van der Waals surface area contributed by atoms with E-state index in [1.165, 1.54) is 6.08 Å².